The Morgan fingerprint density at radius 2 is 2.20 bits per heavy atom. The van der Waals surface area contributed by atoms with Crippen molar-refractivity contribution in [3.63, 3.8) is 0 Å². The lowest BCUT2D eigenvalue weighted by Crippen LogP contribution is -1.83. The zero-order valence-corrected chi connectivity index (χ0v) is 8.01. The normalized spacial score (nSPS) is 11.9. The molecule has 0 aromatic heterocycles. The van der Waals surface area contributed by atoms with E-state index in [1.807, 2.05) is 12.1 Å². The first-order valence-corrected chi connectivity index (χ1v) is 4.47. The molecule has 0 amide bonds. The molecule has 0 saturated carbocycles. The van der Waals surface area contributed by atoms with E-state index in [2.05, 4.69) is 17.1 Å². The summed E-state index contributed by atoms with van der Waals surface area (Å²) in [7, 11) is 0. The predicted octanol–water partition coefficient (Wildman–Crippen LogP) is 2.88. The van der Waals surface area contributed by atoms with Crippen molar-refractivity contribution in [1.82, 2.24) is 0 Å². The Morgan fingerprint density at radius 1 is 1.33 bits per heavy atom. The molecule has 3 nitrogen and oxygen atoms in total. The summed E-state index contributed by atoms with van der Waals surface area (Å²) >= 11 is 0. The van der Waals surface area contributed by atoms with Gasteiger partial charge in [0.2, 0.25) is 0 Å². The Balaban J connectivity index is 2.82. The van der Waals surface area contributed by atoms with Crippen molar-refractivity contribution in [1.29, 1.82) is 5.40 Å². The van der Waals surface area contributed by atoms with E-state index in [4.69, 9.17) is 1.41 Å². The standard InChI is InChI=1S/C12H10N2O/c1-14-11-6-5-9-8(7-13)3-2-4-10(9)12(11)15/h2-7,13,15H,1H2/i/hD. The average Bonchev–Trinajstić information content (AvgIpc) is 2.31. The van der Waals surface area contributed by atoms with Crippen molar-refractivity contribution in [2.24, 2.45) is 4.99 Å². The second kappa shape index (κ2) is 3.53. The topological polar surface area (TPSA) is 56.4 Å². The van der Waals surface area contributed by atoms with Crippen LogP contribution in [-0.4, -0.2) is 18.0 Å². The summed E-state index contributed by atoms with van der Waals surface area (Å²) in [6.07, 6.45) is 1.43. The molecule has 0 atom stereocenters. The van der Waals surface area contributed by atoms with Gasteiger partial charge in [-0.2, -0.15) is 0 Å². The molecule has 0 bridgehead atoms. The summed E-state index contributed by atoms with van der Waals surface area (Å²) in [4.78, 5) is 3.73. The van der Waals surface area contributed by atoms with Crippen molar-refractivity contribution in [2.45, 2.75) is 0 Å². The smallest absolute Gasteiger partial charge is 0.187 e. The minimum Gasteiger partial charge on any atom is -0.505 e. The second-order valence-electron chi connectivity index (χ2n) is 3.16. The second-order valence-corrected chi connectivity index (χ2v) is 3.16. The van der Waals surface area contributed by atoms with Crippen LogP contribution >= 0.6 is 0 Å². The molecule has 2 N–H and O–H groups in total. The lowest BCUT2D eigenvalue weighted by atomic mass is 10.0. The Labute approximate surface area is 88.7 Å². The summed E-state index contributed by atoms with van der Waals surface area (Å²) < 4.78 is 6.83. The van der Waals surface area contributed by atoms with Crippen LogP contribution in [0.25, 0.3) is 10.8 Å². The summed E-state index contributed by atoms with van der Waals surface area (Å²) in [5.41, 5.74) is 1.24. The molecule has 2 rings (SSSR count). The third-order valence-electron chi connectivity index (χ3n) is 2.35. The molecule has 0 aliphatic carbocycles. The monoisotopic (exact) mass is 199 g/mol. The molecule has 0 aliphatic rings. The number of aliphatic imine (C=N–C) groups is 1. The number of nitrogens with one attached hydrogen (secondary N) is 1. The molecule has 0 unspecified atom stereocenters. The Hall–Kier alpha value is -2.16. The number of hydrogen-bond donors (Lipinski definition) is 2. The van der Waals surface area contributed by atoms with Crippen LogP contribution in [0.1, 0.15) is 5.56 Å². The fourth-order valence-corrected chi connectivity index (χ4v) is 1.59. The number of fused-ring (bicyclic) bond motifs is 1. The van der Waals surface area contributed by atoms with Crippen LogP contribution in [0.2, 0.25) is 1.41 Å². The molecule has 0 heterocycles. The van der Waals surface area contributed by atoms with Crippen LogP contribution in [0, 0.1) is 5.40 Å². The molecule has 15 heavy (non-hydrogen) atoms. The van der Waals surface area contributed by atoms with Gasteiger partial charge in [-0.15, -0.1) is 0 Å². The maximum absolute atomic E-state index is 9.92. The Bertz CT molecular complexity index is 578. The third-order valence-corrected chi connectivity index (χ3v) is 2.35. The van der Waals surface area contributed by atoms with Gasteiger partial charge in [-0.05, 0) is 23.7 Å². The van der Waals surface area contributed by atoms with E-state index in [1.54, 1.807) is 18.2 Å². The van der Waals surface area contributed by atoms with E-state index < -0.39 is 0 Å². The fourth-order valence-electron chi connectivity index (χ4n) is 1.59. The SMILES string of the molecule is [2H]N=Cc1cccc2c(O)c(N=C)ccc12. The summed E-state index contributed by atoms with van der Waals surface area (Å²) in [5, 5.41) is 14.7. The number of aromatic hydroxyl groups is 1. The highest BCUT2D eigenvalue weighted by Gasteiger charge is 2.06. The van der Waals surface area contributed by atoms with Gasteiger partial charge in [0.15, 0.2) is 1.41 Å². The molecule has 74 valence electrons. The van der Waals surface area contributed by atoms with E-state index in [0.717, 1.165) is 10.9 Å². The highest BCUT2D eigenvalue weighted by atomic mass is 16.3. The van der Waals surface area contributed by atoms with E-state index in [9.17, 15) is 5.11 Å². The van der Waals surface area contributed by atoms with Crippen LogP contribution in [-0.2, 0) is 0 Å². The number of nitrogens with zero attached hydrogens (tertiary/aromatic N) is 1. The zero-order chi connectivity index (χ0) is 11.5. The fraction of sp³-hybridized carbons (Fsp3) is 0. The molecule has 0 radical (unpaired) electrons. The van der Waals surface area contributed by atoms with Gasteiger partial charge in [-0.1, -0.05) is 24.3 Å². The molecule has 2 aromatic rings. The molecule has 3 heteroatoms. The zero-order valence-electron chi connectivity index (χ0n) is 9.01. The van der Waals surface area contributed by atoms with Crippen LogP contribution in [0.5, 0.6) is 5.75 Å². The first kappa shape index (κ1) is 8.17. The number of phenolic OH excluding ortho intramolecular Hbond substituents is 1. The first-order valence-electron chi connectivity index (χ1n) is 4.91. The molecule has 2 aromatic carbocycles. The van der Waals surface area contributed by atoms with Gasteiger partial charge in [0.25, 0.3) is 0 Å². The van der Waals surface area contributed by atoms with Gasteiger partial charge >= 0.3 is 0 Å². The molecular weight excluding hydrogens is 188 g/mol. The van der Waals surface area contributed by atoms with Gasteiger partial charge in [-0.25, -0.2) is 0 Å². The summed E-state index contributed by atoms with van der Waals surface area (Å²) in [6.45, 7) is 3.39. The van der Waals surface area contributed by atoms with Gasteiger partial charge in [0, 0.05) is 11.6 Å². The molecule has 0 aliphatic heterocycles. The predicted molar refractivity (Wildman–Crippen MR) is 62.7 cm³/mol. The van der Waals surface area contributed by atoms with Crippen LogP contribution in [0.3, 0.4) is 0 Å². The van der Waals surface area contributed by atoms with Gasteiger partial charge in [0.05, 0.1) is 0 Å². The Morgan fingerprint density at radius 3 is 2.93 bits per heavy atom. The van der Waals surface area contributed by atoms with Gasteiger partial charge in [0.1, 0.15) is 11.4 Å². The number of phenols is 1. The van der Waals surface area contributed by atoms with E-state index in [1.165, 1.54) is 6.21 Å². The summed E-state index contributed by atoms with van der Waals surface area (Å²) in [6, 6.07) is 8.94. The molecule has 0 saturated heterocycles. The highest BCUT2D eigenvalue weighted by molar-refractivity contribution is 6.03. The number of rotatable bonds is 2. The molecular formula is C12H10N2O. The highest BCUT2D eigenvalue weighted by Crippen LogP contribution is 2.35. The number of hydrogen-bond acceptors (Lipinski definition) is 3. The minimum atomic E-state index is 0.104. The van der Waals surface area contributed by atoms with Gasteiger partial charge in [-0.3, -0.25) is 4.99 Å². The van der Waals surface area contributed by atoms with E-state index in [0.29, 0.717) is 11.1 Å². The molecule has 0 fully saturated rings. The average molecular weight is 199 g/mol. The van der Waals surface area contributed by atoms with Crippen molar-refractivity contribution in [3.8, 4) is 5.75 Å². The van der Waals surface area contributed by atoms with Crippen LogP contribution in [0.15, 0.2) is 35.3 Å². The lowest BCUT2D eigenvalue weighted by molar-refractivity contribution is 0.483. The van der Waals surface area contributed by atoms with Crippen LogP contribution < -0.4 is 0 Å². The minimum absolute atomic E-state index is 0.104. The summed E-state index contributed by atoms with van der Waals surface area (Å²) in [5.74, 6) is 0.104. The molecule has 0 spiro atoms. The Kier molecular flexibility index (Phi) is 1.93. The van der Waals surface area contributed by atoms with Crippen LogP contribution in [0.4, 0.5) is 5.69 Å². The van der Waals surface area contributed by atoms with Crippen molar-refractivity contribution in [2.75, 3.05) is 0 Å². The quantitative estimate of drug-likeness (QED) is 0.718. The maximum atomic E-state index is 9.92. The van der Waals surface area contributed by atoms with Gasteiger partial charge < -0.3 is 10.5 Å². The van der Waals surface area contributed by atoms with E-state index in [-0.39, 0.29) is 5.75 Å². The largest absolute Gasteiger partial charge is 0.505 e. The van der Waals surface area contributed by atoms with Crippen molar-refractivity contribution >= 4 is 29.4 Å². The van der Waals surface area contributed by atoms with Crippen molar-refractivity contribution < 1.29 is 6.52 Å². The number of benzene rings is 2. The van der Waals surface area contributed by atoms with Crippen molar-refractivity contribution in [3.05, 3.63) is 35.9 Å². The maximum Gasteiger partial charge on any atom is 0.187 e. The lowest BCUT2D eigenvalue weighted by Gasteiger charge is -2.05. The van der Waals surface area contributed by atoms with E-state index >= 15 is 0 Å². The third kappa shape index (κ3) is 1.38. The first-order chi connectivity index (χ1) is 7.77.